The Balaban J connectivity index is 2.21. The molecular formula is C19H5F15O2. The molecular weight excluding hydrogens is 545 g/mol. The number of ketones is 1. The van der Waals surface area contributed by atoms with Crippen LogP contribution >= 0.6 is 0 Å². The van der Waals surface area contributed by atoms with Crippen LogP contribution in [0.2, 0.25) is 0 Å². The number of allylic oxidation sites excluding steroid dienone is 1. The monoisotopic (exact) mass is 550 g/mol. The summed E-state index contributed by atoms with van der Waals surface area (Å²) in [6.07, 6.45) is -1.12. The van der Waals surface area contributed by atoms with E-state index in [4.69, 9.17) is 0 Å². The maximum Gasteiger partial charge on any atom is 0.384 e. The number of benzene rings is 2. The summed E-state index contributed by atoms with van der Waals surface area (Å²) in [4.78, 5) is 11.9. The molecule has 0 atom stereocenters. The van der Waals surface area contributed by atoms with Gasteiger partial charge in [-0.25, -0.2) is 22.0 Å². The predicted octanol–water partition coefficient (Wildman–Crippen LogP) is 6.76. The summed E-state index contributed by atoms with van der Waals surface area (Å²) >= 11 is 0. The molecule has 1 aliphatic rings. The van der Waals surface area contributed by atoms with Gasteiger partial charge in [0.1, 0.15) is 5.76 Å². The highest BCUT2D eigenvalue weighted by atomic mass is 19.4. The predicted molar refractivity (Wildman–Crippen MR) is 88.0 cm³/mol. The number of carbonyl (C=O) groups excluding carboxylic acids is 1. The van der Waals surface area contributed by atoms with Gasteiger partial charge in [0, 0.05) is 22.4 Å². The van der Waals surface area contributed by atoms with Crippen molar-refractivity contribution in [1.82, 2.24) is 0 Å². The lowest BCUT2D eigenvalue weighted by atomic mass is 9.70. The molecule has 1 aliphatic carbocycles. The van der Waals surface area contributed by atoms with Gasteiger partial charge < -0.3 is 5.11 Å². The van der Waals surface area contributed by atoms with Crippen LogP contribution in [-0.2, 0) is 4.79 Å². The Bertz CT molecular complexity index is 1280. The standard InChI is InChI=1S/C19H5F15O2/c20-10-6-2-1-5(3-7(6)11(21)13(23)12(10)22)8(35)4-9(36)14(24)15(25,26)17(29,30)19(33,34)18(31,32)16(14,27)28/h1-4,35H/b8-4-. The molecule has 2 aromatic carbocycles. The van der Waals surface area contributed by atoms with E-state index in [0.29, 0.717) is 12.1 Å². The van der Waals surface area contributed by atoms with Gasteiger partial charge in [0.05, 0.1) is 0 Å². The van der Waals surface area contributed by atoms with E-state index in [1.807, 2.05) is 0 Å². The summed E-state index contributed by atoms with van der Waals surface area (Å²) in [5.74, 6) is -52.5. The molecule has 36 heavy (non-hydrogen) atoms. The minimum Gasteiger partial charge on any atom is -0.507 e. The van der Waals surface area contributed by atoms with Crippen LogP contribution in [-0.4, -0.2) is 46.2 Å². The lowest BCUT2D eigenvalue weighted by Crippen LogP contribution is -2.85. The van der Waals surface area contributed by atoms with E-state index in [0.717, 1.165) is 0 Å². The smallest absolute Gasteiger partial charge is 0.384 e. The van der Waals surface area contributed by atoms with Gasteiger partial charge in [-0.05, 0) is 6.07 Å². The third kappa shape index (κ3) is 2.87. The molecule has 0 amide bonds. The second-order valence-corrected chi connectivity index (χ2v) is 7.44. The van der Waals surface area contributed by atoms with E-state index in [1.165, 1.54) is 0 Å². The Morgan fingerprint density at radius 1 is 0.611 bits per heavy atom. The van der Waals surface area contributed by atoms with Crippen LogP contribution in [0.25, 0.3) is 16.5 Å². The number of alkyl halides is 11. The summed E-state index contributed by atoms with van der Waals surface area (Å²) in [5.41, 5.74) is -8.28. The molecule has 0 heterocycles. The molecule has 0 saturated heterocycles. The molecule has 2 aromatic rings. The first-order valence-electron chi connectivity index (χ1n) is 8.83. The van der Waals surface area contributed by atoms with Crippen LogP contribution in [0.1, 0.15) is 5.56 Å². The lowest BCUT2D eigenvalue weighted by Gasteiger charge is -2.51. The van der Waals surface area contributed by atoms with E-state index < -0.39 is 92.5 Å². The fraction of sp³-hybridized carbons (Fsp3) is 0.316. The summed E-state index contributed by atoms with van der Waals surface area (Å²) in [6.45, 7) is 0. The van der Waals surface area contributed by atoms with Gasteiger partial charge in [-0.1, -0.05) is 12.1 Å². The van der Waals surface area contributed by atoms with Crippen LogP contribution in [0, 0.1) is 23.3 Å². The first-order valence-corrected chi connectivity index (χ1v) is 8.83. The molecule has 0 bridgehead atoms. The van der Waals surface area contributed by atoms with Crippen molar-refractivity contribution in [3.05, 3.63) is 53.1 Å². The Morgan fingerprint density at radius 2 is 1.00 bits per heavy atom. The topological polar surface area (TPSA) is 37.3 Å². The van der Waals surface area contributed by atoms with Gasteiger partial charge in [0.2, 0.25) is 5.78 Å². The van der Waals surface area contributed by atoms with Crippen molar-refractivity contribution in [3.63, 3.8) is 0 Å². The van der Waals surface area contributed by atoms with Crippen molar-refractivity contribution < 1.29 is 75.8 Å². The number of rotatable bonds is 3. The minimum absolute atomic E-state index is 0.106. The second kappa shape index (κ2) is 7.44. The Kier molecular flexibility index (Phi) is 5.67. The number of hydrogen-bond acceptors (Lipinski definition) is 2. The number of aliphatic hydroxyl groups is 1. The van der Waals surface area contributed by atoms with Crippen molar-refractivity contribution in [2.75, 3.05) is 0 Å². The minimum atomic E-state index is -7.58. The third-order valence-electron chi connectivity index (χ3n) is 5.42. The van der Waals surface area contributed by atoms with Gasteiger partial charge in [0.15, 0.2) is 23.3 Å². The SMILES string of the molecule is O=C(/C=C(\O)c1ccc2c(F)c(F)c(F)c(F)c2c1)C1(F)C(F)(F)C(F)(F)C(F)(F)C(F)(F)C1(F)F. The number of hydrogen-bond donors (Lipinski definition) is 1. The van der Waals surface area contributed by atoms with Crippen LogP contribution in [0.15, 0.2) is 24.3 Å². The van der Waals surface area contributed by atoms with Gasteiger partial charge >= 0.3 is 35.3 Å². The fourth-order valence-electron chi connectivity index (χ4n) is 3.34. The maximum atomic E-state index is 14.7. The van der Waals surface area contributed by atoms with Crippen LogP contribution in [0.5, 0.6) is 0 Å². The summed E-state index contributed by atoms with van der Waals surface area (Å²) in [6, 6.07) is 0.771. The first kappa shape index (κ1) is 27.4. The van der Waals surface area contributed by atoms with Gasteiger partial charge in [0.25, 0.3) is 0 Å². The Labute approximate surface area is 187 Å². The van der Waals surface area contributed by atoms with E-state index in [2.05, 4.69) is 0 Å². The molecule has 3 rings (SSSR count). The average Bonchev–Trinajstić information content (AvgIpc) is 2.78. The summed E-state index contributed by atoms with van der Waals surface area (Å²) in [7, 11) is 0. The first-order chi connectivity index (χ1) is 16.0. The van der Waals surface area contributed by atoms with Gasteiger partial charge in [-0.2, -0.15) is 43.9 Å². The van der Waals surface area contributed by atoms with E-state index in [1.54, 1.807) is 0 Å². The van der Waals surface area contributed by atoms with E-state index in [9.17, 15) is 75.8 Å². The summed E-state index contributed by atoms with van der Waals surface area (Å²) in [5, 5.41) is 7.45. The maximum absolute atomic E-state index is 14.7. The molecule has 0 radical (unpaired) electrons. The lowest BCUT2D eigenvalue weighted by molar-refractivity contribution is -0.475. The molecule has 0 unspecified atom stereocenters. The molecule has 1 fully saturated rings. The second-order valence-electron chi connectivity index (χ2n) is 7.44. The zero-order valence-corrected chi connectivity index (χ0v) is 16.3. The van der Waals surface area contributed by atoms with Crippen LogP contribution < -0.4 is 0 Å². The Morgan fingerprint density at radius 3 is 1.44 bits per heavy atom. The third-order valence-corrected chi connectivity index (χ3v) is 5.42. The molecule has 198 valence electrons. The molecule has 0 spiro atoms. The Hall–Kier alpha value is -3.14. The zero-order chi connectivity index (χ0) is 28.0. The highest BCUT2D eigenvalue weighted by molar-refractivity contribution is 6.04. The van der Waals surface area contributed by atoms with Crippen molar-refractivity contribution in [2.24, 2.45) is 0 Å². The quantitative estimate of drug-likeness (QED) is 0.151. The van der Waals surface area contributed by atoms with Crippen molar-refractivity contribution in [2.45, 2.75) is 35.3 Å². The van der Waals surface area contributed by atoms with Crippen LogP contribution in [0.3, 0.4) is 0 Å². The molecule has 0 aromatic heterocycles. The highest BCUT2D eigenvalue weighted by Crippen LogP contribution is 2.69. The number of carbonyl (C=O) groups is 1. The van der Waals surface area contributed by atoms with Crippen molar-refractivity contribution in [1.29, 1.82) is 0 Å². The fourth-order valence-corrected chi connectivity index (χ4v) is 3.34. The van der Waals surface area contributed by atoms with Crippen molar-refractivity contribution >= 4 is 22.3 Å². The molecule has 1 N–H and O–H groups in total. The van der Waals surface area contributed by atoms with Gasteiger partial charge in [-0.3, -0.25) is 4.79 Å². The average molecular weight is 550 g/mol. The molecule has 17 heteroatoms. The zero-order valence-electron chi connectivity index (χ0n) is 16.3. The van der Waals surface area contributed by atoms with Crippen LogP contribution in [0.4, 0.5) is 65.9 Å². The largest absolute Gasteiger partial charge is 0.507 e. The highest BCUT2D eigenvalue weighted by Gasteiger charge is 3.02. The van der Waals surface area contributed by atoms with Gasteiger partial charge in [-0.15, -0.1) is 0 Å². The number of halogens is 15. The van der Waals surface area contributed by atoms with E-state index >= 15 is 0 Å². The normalized spacial score (nSPS) is 23.5. The number of fused-ring (bicyclic) bond motifs is 1. The van der Waals surface area contributed by atoms with E-state index in [-0.39, 0.29) is 6.07 Å². The molecule has 0 aliphatic heterocycles. The number of aliphatic hydroxyl groups excluding tert-OH is 1. The molecule has 2 nitrogen and oxygen atoms in total. The molecule has 1 saturated carbocycles. The summed E-state index contributed by atoms with van der Waals surface area (Å²) < 4.78 is 205. The van der Waals surface area contributed by atoms with Crippen molar-refractivity contribution in [3.8, 4) is 0 Å².